The lowest BCUT2D eigenvalue weighted by Gasteiger charge is -2.25. The van der Waals surface area contributed by atoms with Crippen molar-refractivity contribution in [3.8, 4) is 0 Å². The van der Waals surface area contributed by atoms with Gasteiger partial charge in [0.1, 0.15) is 6.04 Å². The van der Waals surface area contributed by atoms with Gasteiger partial charge in [-0.25, -0.2) is 0 Å². The number of carboxylic acids is 1. The topological polar surface area (TPSA) is 40.5 Å². The van der Waals surface area contributed by atoms with E-state index in [1.54, 1.807) is 18.3 Å². The third-order valence-electron chi connectivity index (χ3n) is 3.80. The summed E-state index contributed by atoms with van der Waals surface area (Å²) in [4.78, 5) is 14.4. The minimum absolute atomic E-state index is 0.391. The lowest BCUT2D eigenvalue weighted by molar-refractivity contribution is -0.143. The fraction of sp³-hybridized carbons (Fsp3) is 0.400. The molecule has 0 radical (unpaired) electrons. The number of aliphatic carboxylic acids is 1. The Kier molecular flexibility index (Phi) is 3.71. The van der Waals surface area contributed by atoms with Gasteiger partial charge in [-0.2, -0.15) is 0 Å². The lowest BCUT2D eigenvalue weighted by Crippen LogP contribution is -2.39. The molecular formula is C15H16ClNO2S. The van der Waals surface area contributed by atoms with Gasteiger partial charge in [0.25, 0.3) is 0 Å². The van der Waals surface area contributed by atoms with Crippen molar-refractivity contribution in [1.82, 2.24) is 4.90 Å². The number of benzene rings is 1. The number of halogens is 1. The first-order valence-electron chi connectivity index (χ1n) is 6.72. The van der Waals surface area contributed by atoms with Crippen molar-refractivity contribution >= 4 is 39.0 Å². The molecule has 1 saturated carbocycles. The Morgan fingerprint density at radius 1 is 1.50 bits per heavy atom. The smallest absolute Gasteiger partial charge is 0.320 e. The van der Waals surface area contributed by atoms with Crippen molar-refractivity contribution in [2.75, 3.05) is 0 Å². The number of hydrogen-bond donors (Lipinski definition) is 1. The van der Waals surface area contributed by atoms with Crippen LogP contribution in [0, 0.1) is 0 Å². The zero-order chi connectivity index (χ0) is 14.3. The molecule has 3 nitrogen and oxygen atoms in total. The largest absolute Gasteiger partial charge is 0.480 e. The van der Waals surface area contributed by atoms with E-state index in [9.17, 15) is 9.90 Å². The number of carbonyl (C=O) groups is 1. The van der Waals surface area contributed by atoms with Crippen LogP contribution in [0.5, 0.6) is 0 Å². The summed E-state index contributed by atoms with van der Waals surface area (Å²) < 4.78 is 1.16. The fourth-order valence-corrected chi connectivity index (χ4v) is 3.96. The highest BCUT2D eigenvalue weighted by molar-refractivity contribution is 7.19. The average molecular weight is 310 g/mol. The molecule has 2 aromatic rings. The molecule has 0 bridgehead atoms. The molecule has 1 aromatic heterocycles. The van der Waals surface area contributed by atoms with E-state index in [0.717, 1.165) is 32.8 Å². The summed E-state index contributed by atoms with van der Waals surface area (Å²) in [6, 6.07) is 7.96. The second-order valence-electron chi connectivity index (χ2n) is 5.25. The molecule has 1 atom stereocenters. The van der Waals surface area contributed by atoms with Crippen LogP contribution in [0.1, 0.15) is 24.6 Å². The van der Waals surface area contributed by atoms with E-state index in [0.29, 0.717) is 12.6 Å². The highest BCUT2D eigenvalue weighted by atomic mass is 35.5. The highest BCUT2D eigenvalue weighted by Gasteiger charge is 2.35. The van der Waals surface area contributed by atoms with Gasteiger partial charge in [-0.15, -0.1) is 11.3 Å². The number of hydrogen-bond acceptors (Lipinski definition) is 3. The minimum atomic E-state index is -0.769. The number of carboxylic acid groups (broad SMARTS) is 1. The van der Waals surface area contributed by atoms with Crippen LogP contribution in [0.3, 0.4) is 0 Å². The SMILES string of the molecule is CC(C(=O)O)N(Cc1sc2ccccc2c1Cl)C1CC1. The van der Waals surface area contributed by atoms with Crippen LogP contribution in [-0.2, 0) is 11.3 Å². The second kappa shape index (κ2) is 5.35. The predicted octanol–water partition coefficient (Wildman–Crippen LogP) is 3.99. The third-order valence-corrected chi connectivity index (χ3v) is 5.50. The van der Waals surface area contributed by atoms with Crippen LogP contribution in [0.25, 0.3) is 10.1 Å². The molecule has 0 amide bonds. The molecule has 5 heteroatoms. The van der Waals surface area contributed by atoms with Crippen molar-refractivity contribution in [2.45, 2.75) is 38.4 Å². The number of thiophene rings is 1. The van der Waals surface area contributed by atoms with E-state index in [2.05, 4.69) is 11.0 Å². The van der Waals surface area contributed by atoms with Gasteiger partial charge in [0, 0.05) is 27.5 Å². The van der Waals surface area contributed by atoms with Crippen LogP contribution >= 0.6 is 22.9 Å². The Bertz CT molecular complexity index is 650. The average Bonchev–Trinajstić information content (AvgIpc) is 3.22. The molecule has 1 N–H and O–H groups in total. The van der Waals surface area contributed by atoms with Gasteiger partial charge in [-0.3, -0.25) is 9.69 Å². The second-order valence-corrected chi connectivity index (χ2v) is 6.77. The van der Waals surface area contributed by atoms with E-state index >= 15 is 0 Å². The van der Waals surface area contributed by atoms with E-state index in [1.165, 1.54) is 0 Å². The standard InChI is InChI=1S/C15H16ClNO2S/c1-9(15(18)19)17(10-6-7-10)8-13-14(16)11-4-2-3-5-12(11)20-13/h2-5,9-10H,6-8H2,1H3,(H,18,19). The van der Waals surface area contributed by atoms with Gasteiger partial charge in [0.2, 0.25) is 0 Å². The molecule has 0 aliphatic heterocycles. The van der Waals surface area contributed by atoms with Crippen LogP contribution in [0.4, 0.5) is 0 Å². The van der Waals surface area contributed by atoms with Gasteiger partial charge in [0.05, 0.1) is 5.02 Å². The molecule has 0 saturated heterocycles. The van der Waals surface area contributed by atoms with Gasteiger partial charge in [0.15, 0.2) is 0 Å². The van der Waals surface area contributed by atoms with Crippen LogP contribution in [0.2, 0.25) is 5.02 Å². The third kappa shape index (κ3) is 2.55. The van der Waals surface area contributed by atoms with Gasteiger partial charge in [-0.1, -0.05) is 29.8 Å². The maximum atomic E-state index is 11.2. The molecule has 1 fully saturated rings. The van der Waals surface area contributed by atoms with Gasteiger partial charge >= 0.3 is 5.97 Å². The summed E-state index contributed by atoms with van der Waals surface area (Å²) in [5, 5.41) is 11.1. The van der Waals surface area contributed by atoms with Crippen molar-refractivity contribution in [3.63, 3.8) is 0 Å². The summed E-state index contributed by atoms with van der Waals surface area (Å²) >= 11 is 8.11. The monoisotopic (exact) mass is 309 g/mol. The molecule has 20 heavy (non-hydrogen) atoms. The number of nitrogens with zero attached hydrogens (tertiary/aromatic N) is 1. The number of rotatable bonds is 5. The first kappa shape index (κ1) is 13.9. The quantitative estimate of drug-likeness (QED) is 0.908. The zero-order valence-corrected chi connectivity index (χ0v) is 12.7. The normalized spacial score (nSPS) is 16.8. The Balaban J connectivity index is 1.90. The first-order valence-corrected chi connectivity index (χ1v) is 7.92. The van der Waals surface area contributed by atoms with Crippen LogP contribution in [0.15, 0.2) is 24.3 Å². The summed E-state index contributed by atoms with van der Waals surface area (Å²) in [5.74, 6) is -0.769. The first-order chi connectivity index (χ1) is 9.58. The number of fused-ring (bicyclic) bond motifs is 1. The van der Waals surface area contributed by atoms with Crippen LogP contribution in [-0.4, -0.2) is 28.1 Å². The Hall–Kier alpha value is -1.10. The molecule has 106 valence electrons. The highest BCUT2D eigenvalue weighted by Crippen LogP contribution is 2.38. The van der Waals surface area contributed by atoms with Crippen molar-refractivity contribution < 1.29 is 9.90 Å². The fourth-order valence-electron chi connectivity index (χ4n) is 2.46. The summed E-state index contributed by atoms with van der Waals surface area (Å²) in [6.07, 6.45) is 2.17. The molecule has 1 heterocycles. The molecular weight excluding hydrogens is 294 g/mol. The van der Waals surface area contributed by atoms with E-state index in [4.69, 9.17) is 11.6 Å². The zero-order valence-electron chi connectivity index (χ0n) is 11.2. The Morgan fingerprint density at radius 3 is 2.80 bits per heavy atom. The summed E-state index contributed by atoms with van der Waals surface area (Å²) in [6.45, 7) is 2.37. The van der Waals surface area contributed by atoms with E-state index in [1.807, 2.05) is 18.2 Å². The van der Waals surface area contributed by atoms with Crippen molar-refractivity contribution in [3.05, 3.63) is 34.2 Å². The Labute approximate surface area is 126 Å². The van der Waals surface area contributed by atoms with Crippen molar-refractivity contribution in [1.29, 1.82) is 0 Å². The van der Waals surface area contributed by atoms with Gasteiger partial charge in [-0.05, 0) is 25.8 Å². The van der Waals surface area contributed by atoms with Crippen molar-refractivity contribution in [2.24, 2.45) is 0 Å². The minimum Gasteiger partial charge on any atom is -0.480 e. The predicted molar refractivity (Wildman–Crippen MR) is 82.5 cm³/mol. The maximum absolute atomic E-state index is 11.2. The van der Waals surface area contributed by atoms with E-state index < -0.39 is 12.0 Å². The molecule has 0 spiro atoms. The van der Waals surface area contributed by atoms with Crippen LogP contribution < -0.4 is 0 Å². The Morgan fingerprint density at radius 2 is 2.20 bits per heavy atom. The summed E-state index contributed by atoms with van der Waals surface area (Å²) in [7, 11) is 0. The lowest BCUT2D eigenvalue weighted by atomic mass is 10.2. The molecule has 3 rings (SSSR count). The molecule has 1 aliphatic carbocycles. The molecule has 1 unspecified atom stereocenters. The molecule has 1 aliphatic rings. The van der Waals surface area contributed by atoms with Gasteiger partial charge < -0.3 is 5.11 Å². The molecule has 1 aromatic carbocycles. The van der Waals surface area contributed by atoms with E-state index in [-0.39, 0.29) is 0 Å². The summed E-state index contributed by atoms with van der Waals surface area (Å²) in [5.41, 5.74) is 0. The maximum Gasteiger partial charge on any atom is 0.320 e.